The highest BCUT2D eigenvalue weighted by molar-refractivity contribution is 7.54. The normalized spacial score (nSPS) is 11.7. The molecule has 0 rings (SSSR count). The van der Waals surface area contributed by atoms with Crippen LogP contribution in [-0.4, -0.2) is 38.2 Å². The lowest BCUT2D eigenvalue weighted by molar-refractivity contribution is -0.134. The first-order valence-electron chi connectivity index (χ1n) is 6.11. The number of allylic oxidation sites excluding steroid dienone is 1. The van der Waals surface area contributed by atoms with Crippen LogP contribution in [0.3, 0.4) is 0 Å². The molecule has 6 nitrogen and oxygen atoms in total. The minimum absolute atomic E-state index is 0.178. The summed E-state index contributed by atoms with van der Waals surface area (Å²) in [5.41, 5.74) is 0. The number of esters is 1. The number of ether oxygens (including phenoxy) is 1. The van der Waals surface area contributed by atoms with Crippen molar-refractivity contribution in [1.29, 1.82) is 0 Å². The molecule has 0 aliphatic carbocycles. The van der Waals surface area contributed by atoms with Crippen LogP contribution in [0.4, 0.5) is 0 Å². The van der Waals surface area contributed by atoms with E-state index in [1.54, 1.807) is 13.8 Å². The molecule has 0 saturated heterocycles. The number of carbonyl (C=O) groups is 2. The van der Waals surface area contributed by atoms with Crippen LogP contribution >= 0.6 is 7.60 Å². The summed E-state index contributed by atoms with van der Waals surface area (Å²) in [5, 5.41) is 0. The van der Waals surface area contributed by atoms with E-state index in [9.17, 15) is 14.2 Å². The van der Waals surface area contributed by atoms with Crippen molar-refractivity contribution in [1.82, 2.24) is 0 Å². The molecule has 0 bridgehead atoms. The first-order chi connectivity index (χ1) is 8.97. The number of Topliss-reactive ketones (excluding diaryl/α,β-unsaturated/α-hetero) is 1. The zero-order valence-electron chi connectivity index (χ0n) is 11.6. The Morgan fingerprint density at radius 2 is 1.74 bits per heavy atom. The average Bonchev–Trinajstić information content (AvgIpc) is 2.34. The molecule has 0 heterocycles. The summed E-state index contributed by atoms with van der Waals surface area (Å²) in [6.07, 6.45) is 3.11. The molecule has 0 aliphatic heterocycles. The Bertz CT molecular complexity index is 353. The van der Waals surface area contributed by atoms with Gasteiger partial charge >= 0.3 is 13.6 Å². The third-order valence-electron chi connectivity index (χ3n) is 2.07. The molecule has 110 valence electrons. The highest BCUT2D eigenvalue weighted by Gasteiger charge is 2.26. The monoisotopic (exact) mass is 292 g/mol. The number of hydrogen-bond donors (Lipinski definition) is 0. The topological polar surface area (TPSA) is 78.9 Å². The molecular weight excluding hydrogens is 271 g/mol. The molecule has 0 N–H and O–H groups in total. The number of carbonyl (C=O) groups excluding carboxylic acids is 2. The summed E-state index contributed by atoms with van der Waals surface area (Å²) >= 11 is 0. The molecule has 0 aromatic rings. The van der Waals surface area contributed by atoms with Crippen LogP contribution in [0.25, 0.3) is 0 Å². The van der Waals surface area contributed by atoms with Crippen molar-refractivity contribution in [2.75, 3.05) is 26.5 Å². The van der Waals surface area contributed by atoms with Crippen molar-refractivity contribution in [2.45, 2.75) is 26.7 Å². The maximum Gasteiger partial charge on any atom is 0.338 e. The molecule has 0 saturated carbocycles. The SMILES string of the molecule is CCOP(=O)(CC(=O)CC/C=C/C(=O)OC)OCC. The third-order valence-corrected chi connectivity index (χ3v) is 4.11. The molecule has 19 heavy (non-hydrogen) atoms. The Morgan fingerprint density at radius 3 is 2.21 bits per heavy atom. The van der Waals surface area contributed by atoms with Gasteiger partial charge < -0.3 is 13.8 Å². The second kappa shape index (κ2) is 9.89. The molecule has 0 radical (unpaired) electrons. The van der Waals surface area contributed by atoms with Crippen LogP contribution in [0.15, 0.2) is 12.2 Å². The van der Waals surface area contributed by atoms with Crippen LogP contribution in [0.2, 0.25) is 0 Å². The number of rotatable bonds is 10. The van der Waals surface area contributed by atoms with Crippen LogP contribution in [-0.2, 0) is 27.9 Å². The summed E-state index contributed by atoms with van der Waals surface area (Å²) in [6.45, 7) is 3.84. The van der Waals surface area contributed by atoms with E-state index in [1.165, 1.54) is 19.3 Å². The van der Waals surface area contributed by atoms with Crippen molar-refractivity contribution >= 4 is 19.3 Å². The third kappa shape index (κ3) is 8.70. The first kappa shape index (κ1) is 18.0. The second-order valence-electron chi connectivity index (χ2n) is 3.61. The zero-order chi connectivity index (χ0) is 14.7. The molecule has 0 spiro atoms. The summed E-state index contributed by atoms with van der Waals surface area (Å²) in [6, 6.07) is 0. The van der Waals surface area contributed by atoms with Crippen molar-refractivity contribution in [3.63, 3.8) is 0 Å². The first-order valence-corrected chi connectivity index (χ1v) is 7.84. The average molecular weight is 292 g/mol. The Balaban J connectivity index is 4.17. The van der Waals surface area contributed by atoms with Gasteiger partial charge in [0, 0.05) is 12.5 Å². The highest BCUT2D eigenvalue weighted by atomic mass is 31.2. The zero-order valence-corrected chi connectivity index (χ0v) is 12.5. The molecule has 0 unspecified atom stereocenters. The maximum absolute atomic E-state index is 12.1. The largest absolute Gasteiger partial charge is 0.466 e. The van der Waals surface area contributed by atoms with E-state index < -0.39 is 13.6 Å². The molecule has 7 heteroatoms. The number of hydrogen-bond acceptors (Lipinski definition) is 6. The molecule has 0 atom stereocenters. The van der Waals surface area contributed by atoms with Crippen molar-refractivity contribution in [2.24, 2.45) is 0 Å². The lowest BCUT2D eigenvalue weighted by Gasteiger charge is -2.15. The smallest absolute Gasteiger partial charge is 0.338 e. The fourth-order valence-electron chi connectivity index (χ4n) is 1.31. The Morgan fingerprint density at radius 1 is 1.16 bits per heavy atom. The summed E-state index contributed by atoms with van der Waals surface area (Å²) in [5.74, 6) is -0.693. The quantitative estimate of drug-likeness (QED) is 0.349. The van der Waals surface area contributed by atoms with Gasteiger partial charge in [0.15, 0.2) is 0 Å². The van der Waals surface area contributed by atoms with E-state index in [4.69, 9.17) is 9.05 Å². The van der Waals surface area contributed by atoms with Gasteiger partial charge in [-0.3, -0.25) is 9.36 Å². The predicted octanol–water partition coefficient (Wildman–Crippen LogP) is 2.33. The lowest BCUT2D eigenvalue weighted by Crippen LogP contribution is -2.09. The van der Waals surface area contributed by atoms with Gasteiger partial charge in [0.1, 0.15) is 11.9 Å². The predicted molar refractivity (Wildman–Crippen MR) is 71.1 cm³/mol. The highest BCUT2D eigenvalue weighted by Crippen LogP contribution is 2.47. The standard InChI is InChI=1S/C12H21O6P/c1-4-17-19(15,18-5-2)10-11(13)8-6-7-9-12(14)16-3/h7,9H,4-6,8,10H2,1-3H3/b9-7+. The Labute approximate surface area is 113 Å². The molecule has 0 aliphatic rings. The summed E-state index contributed by atoms with van der Waals surface area (Å²) in [4.78, 5) is 22.4. The van der Waals surface area contributed by atoms with Gasteiger partial charge in [0.25, 0.3) is 0 Å². The van der Waals surface area contributed by atoms with E-state index in [0.717, 1.165) is 0 Å². The molecule has 0 fully saturated rings. The van der Waals surface area contributed by atoms with Gasteiger partial charge in [0.2, 0.25) is 0 Å². The van der Waals surface area contributed by atoms with E-state index in [-0.39, 0.29) is 31.6 Å². The van der Waals surface area contributed by atoms with Gasteiger partial charge in [-0.2, -0.15) is 0 Å². The van der Waals surface area contributed by atoms with E-state index in [0.29, 0.717) is 6.42 Å². The fraction of sp³-hybridized carbons (Fsp3) is 0.667. The van der Waals surface area contributed by atoms with Gasteiger partial charge in [0.05, 0.1) is 20.3 Å². The number of methoxy groups -OCH3 is 1. The van der Waals surface area contributed by atoms with Gasteiger partial charge in [-0.1, -0.05) is 6.08 Å². The van der Waals surface area contributed by atoms with Crippen LogP contribution in [0.5, 0.6) is 0 Å². The van der Waals surface area contributed by atoms with Crippen molar-refractivity contribution in [3.8, 4) is 0 Å². The maximum atomic E-state index is 12.1. The van der Waals surface area contributed by atoms with Gasteiger partial charge in [-0.05, 0) is 20.3 Å². The minimum Gasteiger partial charge on any atom is -0.466 e. The summed E-state index contributed by atoms with van der Waals surface area (Å²) in [7, 11) is -2.04. The minimum atomic E-state index is -3.31. The molecule has 0 amide bonds. The van der Waals surface area contributed by atoms with Crippen LogP contribution in [0, 0.1) is 0 Å². The van der Waals surface area contributed by atoms with Crippen LogP contribution < -0.4 is 0 Å². The molecule has 0 aromatic carbocycles. The lowest BCUT2D eigenvalue weighted by atomic mass is 10.2. The molecular formula is C12H21O6P. The Kier molecular flexibility index (Phi) is 9.39. The second-order valence-corrected chi connectivity index (χ2v) is 5.66. The molecule has 0 aromatic heterocycles. The number of ketones is 1. The Hall–Kier alpha value is -0.970. The van der Waals surface area contributed by atoms with Gasteiger partial charge in [-0.25, -0.2) is 4.79 Å². The van der Waals surface area contributed by atoms with E-state index in [2.05, 4.69) is 4.74 Å². The van der Waals surface area contributed by atoms with E-state index in [1.807, 2.05) is 0 Å². The van der Waals surface area contributed by atoms with Crippen LogP contribution in [0.1, 0.15) is 26.7 Å². The fourth-order valence-corrected chi connectivity index (χ4v) is 2.94. The van der Waals surface area contributed by atoms with E-state index >= 15 is 0 Å². The van der Waals surface area contributed by atoms with Gasteiger partial charge in [-0.15, -0.1) is 0 Å². The van der Waals surface area contributed by atoms with Crippen molar-refractivity contribution in [3.05, 3.63) is 12.2 Å². The van der Waals surface area contributed by atoms with Crippen molar-refractivity contribution < 1.29 is 27.9 Å². The summed E-state index contributed by atoms with van der Waals surface area (Å²) < 4.78 is 26.5.